The summed E-state index contributed by atoms with van der Waals surface area (Å²) in [6.07, 6.45) is 6.39. The van der Waals surface area contributed by atoms with Crippen LogP contribution in [0.1, 0.15) is 30.4 Å². The zero-order valence-electron chi connectivity index (χ0n) is 32.0. The molecular weight excluding hydrogens is 707 g/mol. The van der Waals surface area contributed by atoms with Gasteiger partial charge in [-0.3, -0.25) is 19.9 Å². The second-order valence-electron chi connectivity index (χ2n) is 15.2. The van der Waals surface area contributed by atoms with Crippen LogP contribution in [0.15, 0.2) is 73.1 Å². The first-order chi connectivity index (χ1) is 27.3. The van der Waals surface area contributed by atoms with E-state index in [4.69, 9.17) is 14.5 Å². The lowest BCUT2D eigenvalue weighted by atomic mass is 9.95. The molecule has 0 spiro atoms. The van der Waals surface area contributed by atoms with E-state index in [1.807, 2.05) is 38.4 Å². The number of carbonyl (C=O) groups excluding carboxylic acids is 2. The first-order valence-electron chi connectivity index (χ1n) is 19.7. The predicted molar refractivity (Wildman–Crippen MR) is 218 cm³/mol. The molecule has 4 aliphatic heterocycles. The molecular formula is C43H47N9O4. The van der Waals surface area contributed by atoms with Gasteiger partial charge in [0.1, 0.15) is 13.2 Å². The molecule has 0 aliphatic carbocycles. The number of carbonyl (C=O) groups is 2. The Bertz CT molecular complexity index is 2270. The molecule has 2 N–H and O–H groups in total. The van der Waals surface area contributed by atoms with Crippen molar-refractivity contribution in [2.45, 2.75) is 33.1 Å². The Morgan fingerprint density at radius 2 is 1.57 bits per heavy atom. The maximum Gasteiger partial charge on any atom is 0.328 e. The SMILES string of the molecule is Cc1cc(N2CCN(CC3CCN(c4ccc(Nc5ncc6ccc(-c7cnc8c(c7C)OCCO8)cc6n5)cc4)CC3)CC2)ccc1N1CCC(=O)NC1=O. The molecule has 13 nitrogen and oxygen atoms in total. The number of imide groups is 1. The Morgan fingerprint density at radius 3 is 2.36 bits per heavy atom. The third kappa shape index (κ3) is 7.38. The number of pyridine rings is 1. The molecule has 9 rings (SSSR count). The Kier molecular flexibility index (Phi) is 9.76. The number of benzene rings is 3. The minimum absolute atomic E-state index is 0.212. The van der Waals surface area contributed by atoms with Crippen LogP contribution in [-0.4, -0.2) is 97.4 Å². The average molecular weight is 754 g/mol. The lowest BCUT2D eigenvalue weighted by Gasteiger charge is -2.40. The van der Waals surface area contributed by atoms with E-state index in [0.29, 0.717) is 49.7 Å². The molecule has 288 valence electrons. The highest BCUT2D eigenvalue weighted by molar-refractivity contribution is 6.06. The molecule has 3 saturated heterocycles. The molecule has 3 amide bonds. The summed E-state index contributed by atoms with van der Waals surface area (Å²) in [7, 11) is 0. The zero-order valence-corrected chi connectivity index (χ0v) is 32.0. The van der Waals surface area contributed by atoms with E-state index in [0.717, 1.165) is 90.3 Å². The van der Waals surface area contributed by atoms with E-state index in [2.05, 4.69) is 83.8 Å². The van der Waals surface area contributed by atoms with Gasteiger partial charge in [-0.25, -0.2) is 19.7 Å². The summed E-state index contributed by atoms with van der Waals surface area (Å²) in [5.74, 6) is 2.30. The molecule has 0 saturated carbocycles. The second-order valence-corrected chi connectivity index (χ2v) is 15.2. The number of piperidine rings is 1. The van der Waals surface area contributed by atoms with E-state index >= 15 is 0 Å². The maximum absolute atomic E-state index is 12.4. The summed E-state index contributed by atoms with van der Waals surface area (Å²) in [6.45, 7) is 12.9. The van der Waals surface area contributed by atoms with Crippen molar-refractivity contribution in [3.63, 3.8) is 0 Å². The number of rotatable bonds is 8. The van der Waals surface area contributed by atoms with Gasteiger partial charge in [0.05, 0.1) is 5.52 Å². The molecule has 13 heteroatoms. The van der Waals surface area contributed by atoms with Gasteiger partial charge in [0.15, 0.2) is 5.75 Å². The van der Waals surface area contributed by atoms with E-state index < -0.39 is 0 Å². The highest BCUT2D eigenvalue weighted by Gasteiger charge is 2.27. The predicted octanol–water partition coefficient (Wildman–Crippen LogP) is 6.31. The van der Waals surface area contributed by atoms with E-state index in [-0.39, 0.29) is 11.9 Å². The summed E-state index contributed by atoms with van der Waals surface area (Å²) in [4.78, 5) is 47.1. The number of piperazine rings is 1. The highest BCUT2D eigenvalue weighted by Crippen LogP contribution is 2.38. The van der Waals surface area contributed by atoms with Gasteiger partial charge in [-0.1, -0.05) is 12.1 Å². The van der Waals surface area contributed by atoms with Crippen molar-refractivity contribution in [3.8, 4) is 22.8 Å². The van der Waals surface area contributed by atoms with Gasteiger partial charge < -0.3 is 24.6 Å². The van der Waals surface area contributed by atoms with Gasteiger partial charge in [0, 0.05) is 110 Å². The summed E-state index contributed by atoms with van der Waals surface area (Å²) in [6, 6.07) is 20.7. The molecule has 0 unspecified atom stereocenters. The lowest BCUT2D eigenvalue weighted by Crippen LogP contribution is -2.50. The quantitative estimate of drug-likeness (QED) is 0.185. The number of fused-ring (bicyclic) bond motifs is 2. The summed E-state index contributed by atoms with van der Waals surface area (Å²) < 4.78 is 11.5. The van der Waals surface area contributed by atoms with Crippen LogP contribution in [0.25, 0.3) is 22.0 Å². The van der Waals surface area contributed by atoms with E-state index in [1.54, 1.807) is 4.90 Å². The number of aryl methyl sites for hydroxylation is 1. The van der Waals surface area contributed by atoms with Crippen LogP contribution in [0.2, 0.25) is 0 Å². The van der Waals surface area contributed by atoms with Crippen molar-refractivity contribution in [2.75, 3.05) is 85.6 Å². The molecule has 3 aromatic carbocycles. The smallest absolute Gasteiger partial charge is 0.328 e. The molecule has 0 radical (unpaired) electrons. The van der Waals surface area contributed by atoms with Crippen molar-refractivity contribution in [3.05, 3.63) is 84.2 Å². The van der Waals surface area contributed by atoms with Crippen LogP contribution in [0.4, 0.5) is 33.5 Å². The van der Waals surface area contributed by atoms with Crippen molar-refractivity contribution < 1.29 is 19.1 Å². The Labute approximate surface area is 326 Å². The number of nitrogens with zero attached hydrogens (tertiary/aromatic N) is 7. The number of amides is 3. The normalized spacial score (nSPS) is 18.0. The third-order valence-electron chi connectivity index (χ3n) is 11.6. The van der Waals surface area contributed by atoms with Gasteiger partial charge in [-0.05, 0) is 92.3 Å². The first-order valence-corrected chi connectivity index (χ1v) is 19.7. The lowest BCUT2D eigenvalue weighted by molar-refractivity contribution is -0.120. The van der Waals surface area contributed by atoms with Gasteiger partial charge >= 0.3 is 6.03 Å². The number of hydrogen-bond donors (Lipinski definition) is 2. The molecule has 5 aromatic rings. The van der Waals surface area contributed by atoms with Crippen LogP contribution in [0.5, 0.6) is 11.6 Å². The minimum Gasteiger partial charge on any atom is -0.484 e. The number of urea groups is 1. The Hall–Kier alpha value is -5.95. The van der Waals surface area contributed by atoms with E-state index in [1.165, 1.54) is 24.2 Å². The minimum atomic E-state index is -0.339. The highest BCUT2D eigenvalue weighted by atomic mass is 16.6. The van der Waals surface area contributed by atoms with Crippen molar-refractivity contribution in [1.29, 1.82) is 0 Å². The number of aromatic nitrogens is 3. The number of anilines is 5. The molecule has 4 aliphatic rings. The summed E-state index contributed by atoms with van der Waals surface area (Å²) in [5, 5.41) is 6.79. The third-order valence-corrected chi connectivity index (χ3v) is 11.6. The van der Waals surface area contributed by atoms with Gasteiger partial charge in [-0.15, -0.1) is 0 Å². The van der Waals surface area contributed by atoms with Gasteiger partial charge in [-0.2, -0.15) is 0 Å². The number of hydrogen-bond acceptors (Lipinski definition) is 11. The fourth-order valence-electron chi connectivity index (χ4n) is 8.40. The average Bonchev–Trinajstić information content (AvgIpc) is 3.22. The topological polar surface area (TPSA) is 128 Å². The Balaban J connectivity index is 0.755. The molecule has 6 heterocycles. The van der Waals surface area contributed by atoms with Crippen LogP contribution in [0.3, 0.4) is 0 Å². The van der Waals surface area contributed by atoms with Crippen LogP contribution in [0, 0.1) is 19.8 Å². The number of nitrogens with one attached hydrogen (secondary N) is 2. The molecule has 2 aromatic heterocycles. The summed E-state index contributed by atoms with van der Waals surface area (Å²) >= 11 is 0. The van der Waals surface area contributed by atoms with Gasteiger partial charge in [0.25, 0.3) is 5.88 Å². The molecule has 56 heavy (non-hydrogen) atoms. The van der Waals surface area contributed by atoms with Crippen molar-refractivity contribution in [1.82, 2.24) is 25.2 Å². The molecule has 0 bridgehead atoms. The largest absolute Gasteiger partial charge is 0.484 e. The second kappa shape index (κ2) is 15.3. The molecule has 3 fully saturated rings. The van der Waals surface area contributed by atoms with Gasteiger partial charge in [0.2, 0.25) is 11.9 Å². The fourth-order valence-corrected chi connectivity index (χ4v) is 8.40. The fraction of sp³-hybridized carbons (Fsp3) is 0.372. The first kappa shape index (κ1) is 35.7. The monoisotopic (exact) mass is 753 g/mol. The summed E-state index contributed by atoms with van der Waals surface area (Å²) in [5.41, 5.74) is 9.15. The van der Waals surface area contributed by atoms with Crippen LogP contribution >= 0.6 is 0 Å². The number of ether oxygens (including phenoxy) is 2. The van der Waals surface area contributed by atoms with Crippen LogP contribution < -0.4 is 34.8 Å². The zero-order chi connectivity index (χ0) is 38.2. The Morgan fingerprint density at radius 1 is 0.804 bits per heavy atom. The van der Waals surface area contributed by atoms with E-state index in [9.17, 15) is 9.59 Å². The van der Waals surface area contributed by atoms with Crippen LogP contribution in [-0.2, 0) is 4.79 Å². The van der Waals surface area contributed by atoms with Crippen molar-refractivity contribution >= 4 is 51.5 Å². The van der Waals surface area contributed by atoms with Crippen molar-refractivity contribution in [2.24, 2.45) is 5.92 Å². The maximum atomic E-state index is 12.4. The standard InChI is InChI=1S/C43H47N9O4/c1-28-23-35(9-10-38(28)52-16-13-39(53)48-43(52)54)51-19-17-49(18-20-51)27-30-11-14-50(15-12-30)34-7-5-33(6-8-34)46-42-45-25-32-4-3-31(24-37(32)47-42)36-26-44-41-40(29(36)2)55-21-22-56-41/h3-10,23-26,30H,11-22,27H2,1-2H3,(H,45,46,47)(H,48,53,54). The molecule has 0 atom stereocenters.